The Bertz CT molecular complexity index is 918. The Labute approximate surface area is 163 Å². The monoisotopic (exact) mass is 374 g/mol. The van der Waals surface area contributed by atoms with Crippen molar-refractivity contribution in [3.63, 3.8) is 0 Å². The van der Waals surface area contributed by atoms with Crippen molar-refractivity contribution in [3.05, 3.63) is 66.9 Å². The summed E-state index contributed by atoms with van der Waals surface area (Å²) in [6.45, 7) is 1.54. The number of amides is 1. The molecule has 7 heteroatoms. The number of benzene rings is 1. The number of hydrogen-bond donors (Lipinski definition) is 1. The van der Waals surface area contributed by atoms with Gasteiger partial charge in [0.2, 0.25) is 11.9 Å². The Morgan fingerprint density at radius 2 is 2.00 bits per heavy atom. The van der Waals surface area contributed by atoms with Gasteiger partial charge in [0.25, 0.3) is 0 Å². The molecule has 0 spiro atoms. The van der Waals surface area contributed by atoms with Gasteiger partial charge in [-0.05, 0) is 18.9 Å². The molecule has 2 aromatic heterocycles. The summed E-state index contributed by atoms with van der Waals surface area (Å²) in [5, 5.41) is 3.11. The van der Waals surface area contributed by atoms with Crippen LogP contribution < -0.4 is 10.2 Å². The van der Waals surface area contributed by atoms with Crippen molar-refractivity contribution in [2.24, 2.45) is 0 Å². The number of aromatic nitrogens is 4. The van der Waals surface area contributed by atoms with E-state index in [4.69, 9.17) is 4.98 Å². The highest BCUT2D eigenvalue weighted by molar-refractivity contribution is 5.76. The minimum atomic E-state index is 0.0384. The van der Waals surface area contributed by atoms with Gasteiger partial charge < -0.3 is 10.2 Å². The van der Waals surface area contributed by atoms with Crippen LogP contribution in [0, 0.1) is 0 Å². The third-order valence-electron chi connectivity index (χ3n) is 4.77. The topological polar surface area (TPSA) is 83.9 Å². The molecule has 0 radical (unpaired) electrons. The van der Waals surface area contributed by atoms with Crippen molar-refractivity contribution in [3.8, 4) is 11.3 Å². The maximum Gasteiger partial charge on any atom is 0.225 e. The molecule has 1 aromatic carbocycles. The highest BCUT2D eigenvalue weighted by atomic mass is 16.1. The summed E-state index contributed by atoms with van der Waals surface area (Å²) in [7, 11) is 0. The van der Waals surface area contributed by atoms with Crippen LogP contribution in [0.25, 0.3) is 11.3 Å². The van der Waals surface area contributed by atoms with Gasteiger partial charge in [-0.25, -0.2) is 9.97 Å². The smallest absolute Gasteiger partial charge is 0.225 e. The molecule has 3 aromatic rings. The number of hydrogen-bond acceptors (Lipinski definition) is 6. The molecule has 1 aliphatic heterocycles. The summed E-state index contributed by atoms with van der Waals surface area (Å²) in [6, 6.07) is 12.1. The van der Waals surface area contributed by atoms with E-state index in [2.05, 4.69) is 25.2 Å². The second-order valence-electron chi connectivity index (χ2n) is 6.80. The zero-order valence-electron chi connectivity index (χ0n) is 15.5. The summed E-state index contributed by atoms with van der Waals surface area (Å²) >= 11 is 0. The van der Waals surface area contributed by atoms with Crippen LogP contribution in [0.2, 0.25) is 0 Å². The summed E-state index contributed by atoms with van der Waals surface area (Å²) in [5.74, 6) is 0.745. The van der Waals surface area contributed by atoms with E-state index in [-0.39, 0.29) is 11.9 Å². The van der Waals surface area contributed by atoms with E-state index in [0.717, 1.165) is 36.5 Å². The molecule has 1 aliphatic rings. The van der Waals surface area contributed by atoms with Gasteiger partial charge in [-0.2, -0.15) is 0 Å². The van der Waals surface area contributed by atoms with E-state index in [0.29, 0.717) is 18.8 Å². The highest BCUT2D eigenvalue weighted by Gasteiger charge is 2.25. The lowest BCUT2D eigenvalue weighted by molar-refractivity contribution is -0.121. The van der Waals surface area contributed by atoms with Crippen molar-refractivity contribution in [1.82, 2.24) is 25.3 Å². The molecule has 4 rings (SSSR count). The molecule has 0 saturated carbocycles. The third-order valence-corrected chi connectivity index (χ3v) is 4.77. The molecule has 1 fully saturated rings. The van der Waals surface area contributed by atoms with Crippen LogP contribution in [-0.2, 0) is 11.2 Å². The number of anilines is 1. The third kappa shape index (κ3) is 4.49. The average Bonchev–Trinajstić information content (AvgIpc) is 3.22. The fraction of sp³-hybridized carbons (Fsp3) is 0.286. The van der Waals surface area contributed by atoms with Gasteiger partial charge in [0.15, 0.2) is 0 Å². The first kappa shape index (κ1) is 18.0. The molecule has 142 valence electrons. The molecule has 0 bridgehead atoms. The first-order valence-electron chi connectivity index (χ1n) is 9.45. The lowest BCUT2D eigenvalue weighted by Crippen LogP contribution is -2.37. The van der Waals surface area contributed by atoms with Crippen LogP contribution in [0.1, 0.15) is 18.5 Å². The van der Waals surface area contributed by atoms with E-state index in [1.54, 1.807) is 24.8 Å². The number of nitrogens with zero attached hydrogens (tertiary/aromatic N) is 5. The Morgan fingerprint density at radius 1 is 1.11 bits per heavy atom. The van der Waals surface area contributed by atoms with Gasteiger partial charge in [-0.1, -0.05) is 30.3 Å². The lowest BCUT2D eigenvalue weighted by atomic mass is 10.1. The normalized spacial score (nSPS) is 16.1. The van der Waals surface area contributed by atoms with Crippen LogP contribution >= 0.6 is 0 Å². The quantitative estimate of drug-likeness (QED) is 0.713. The van der Waals surface area contributed by atoms with Crippen molar-refractivity contribution in [2.45, 2.75) is 25.3 Å². The van der Waals surface area contributed by atoms with Crippen molar-refractivity contribution < 1.29 is 4.79 Å². The molecule has 28 heavy (non-hydrogen) atoms. The molecule has 3 heterocycles. The molecule has 1 saturated heterocycles. The standard InChI is InChI=1S/C21H22N6O/c28-20(7-6-17-14-22-11-12-23-17)25-18-9-13-27(15-18)21-24-10-8-19(26-21)16-4-2-1-3-5-16/h1-5,8,10-12,14,18H,6-7,9,13,15H2,(H,25,28). The molecular formula is C21H22N6O. The number of aryl methyl sites for hydroxylation is 1. The van der Waals surface area contributed by atoms with Crippen molar-refractivity contribution in [2.75, 3.05) is 18.0 Å². The predicted molar refractivity (Wildman–Crippen MR) is 107 cm³/mol. The number of rotatable bonds is 6. The Morgan fingerprint density at radius 3 is 2.82 bits per heavy atom. The molecule has 1 amide bonds. The maximum atomic E-state index is 12.2. The second kappa shape index (κ2) is 8.56. The minimum Gasteiger partial charge on any atom is -0.352 e. The minimum absolute atomic E-state index is 0.0384. The van der Waals surface area contributed by atoms with Crippen LogP contribution in [0.5, 0.6) is 0 Å². The molecule has 1 atom stereocenters. The van der Waals surface area contributed by atoms with Crippen LogP contribution in [0.4, 0.5) is 5.95 Å². The summed E-state index contributed by atoms with van der Waals surface area (Å²) in [6.07, 6.45) is 8.65. The van der Waals surface area contributed by atoms with E-state index in [9.17, 15) is 4.79 Å². The summed E-state index contributed by atoms with van der Waals surface area (Å²) in [5.41, 5.74) is 2.80. The Hall–Kier alpha value is -3.35. The van der Waals surface area contributed by atoms with E-state index in [1.165, 1.54) is 0 Å². The average molecular weight is 374 g/mol. The van der Waals surface area contributed by atoms with Crippen molar-refractivity contribution in [1.29, 1.82) is 0 Å². The van der Waals surface area contributed by atoms with Gasteiger partial charge in [0.1, 0.15) is 0 Å². The molecule has 0 aliphatic carbocycles. The highest BCUT2D eigenvalue weighted by Crippen LogP contribution is 2.21. The summed E-state index contributed by atoms with van der Waals surface area (Å²) in [4.78, 5) is 31.7. The number of carbonyl (C=O) groups is 1. The van der Waals surface area contributed by atoms with Crippen LogP contribution in [-0.4, -0.2) is 45.0 Å². The van der Waals surface area contributed by atoms with Gasteiger partial charge in [-0.3, -0.25) is 14.8 Å². The number of nitrogens with one attached hydrogen (secondary N) is 1. The first-order chi connectivity index (χ1) is 13.8. The van der Waals surface area contributed by atoms with Gasteiger partial charge in [0.05, 0.1) is 11.4 Å². The zero-order chi connectivity index (χ0) is 19.2. The lowest BCUT2D eigenvalue weighted by Gasteiger charge is -2.17. The zero-order valence-corrected chi connectivity index (χ0v) is 15.5. The summed E-state index contributed by atoms with van der Waals surface area (Å²) < 4.78 is 0. The Kier molecular flexibility index (Phi) is 5.51. The van der Waals surface area contributed by atoms with E-state index in [1.807, 2.05) is 36.4 Å². The largest absolute Gasteiger partial charge is 0.352 e. The fourth-order valence-electron chi connectivity index (χ4n) is 3.33. The number of carbonyl (C=O) groups excluding carboxylic acids is 1. The molecule has 1 N–H and O–H groups in total. The maximum absolute atomic E-state index is 12.2. The molecular weight excluding hydrogens is 352 g/mol. The van der Waals surface area contributed by atoms with Crippen LogP contribution in [0.3, 0.4) is 0 Å². The second-order valence-corrected chi connectivity index (χ2v) is 6.80. The Balaban J connectivity index is 1.32. The van der Waals surface area contributed by atoms with E-state index < -0.39 is 0 Å². The van der Waals surface area contributed by atoms with Gasteiger partial charge in [-0.15, -0.1) is 0 Å². The SMILES string of the molecule is O=C(CCc1cnccn1)NC1CCN(c2nccc(-c3ccccc3)n2)C1. The van der Waals surface area contributed by atoms with Gasteiger partial charge >= 0.3 is 0 Å². The van der Waals surface area contributed by atoms with E-state index >= 15 is 0 Å². The predicted octanol–water partition coefficient (Wildman–Crippen LogP) is 2.26. The fourth-order valence-corrected chi connectivity index (χ4v) is 3.33. The van der Waals surface area contributed by atoms with Gasteiger partial charge in [0, 0.05) is 55.9 Å². The molecule has 7 nitrogen and oxygen atoms in total. The molecule has 1 unspecified atom stereocenters. The van der Waals surface area contributed by atoms with Crippen LogP contribution in [0.15, 0.2) is 61.2 Å². The van der Waals surface area contributed by atoms with Crippen molar-refractivity contribution >= 4 is 11.9 Å². The first-order valence-corrected chi connectivity index (χ1v) is 9.45.